The summed E-state index contributed by atoms with van der Waals surface area (Å²) in [7, 11) is 0. The van der Waals surface area contributed by atoms with Crippen LogP contribution in [0.3, 0.4) is 0 Å². The number of benzene rings is 1. The molecule has 0 radical (unpaired) electrons. The maximum atomic E-state index is 12.9. The zero-order valence-corrected chi connectivity index (χ0v) is 12.2. The van der Waals surface area contributed by atoms with Crippen LogP contribution in [-0.4, -0.2) is 19.7 Å². The standard InChI is InChI=1S/C14H13ClF2N4/c1-7(2)14-19-11(13(16)17)6-21(14)9-3-8-5-18-20-12(8)10(15)4-9/h3-7,13H,1-2H3,(H,18,20). The summed E-state index contributed by atoms with van der Waals surface area (Å²) in [5, 5.41) is 8.04. The Morgan fingerprint density at radius 3 is 2.71 bits per heavy atom. The Morgan fingerprint density at radius 1 is 1.29 bits per heavy atom. The Balaban J connectivity index is 2.21. The molecule has 1 N–H and O–H groups in total. The van der Waals surface area contributed by atoms with Crippen LogP contribution in [0.5, 0.6) is 0 Å². The van der Waals surface area contributed by atoms with Crippen LogP contribution >= 0.6 is 11.6 Å². The summed E-state index contributed by atoms with van der Waals surface area (Å²) in [5.74, 6) is 0.584. The summed E-state index contributed by atoms with van der Waals surface area (Å²) in [6, 6.07) is 3.55. The Labute approximate surface area is 124 Å². The molecule has 2 heterocycles. The van der Waals surface area contributed by atoms with Gasteiger partial charge in [0, 0.05) is 23.2 Å². The molecule has 0 spiro atoms. The first-order valence-corrected chi connectivity index (χ1v) is 6.85. The van der Waals surface area contributed by atoms with Crippen LogP contribution in [0.1, 0.15) is 37.7 Å². The first-order chi connectivity index (χ1) is 9.97. The van der Waals surface area contributed by atoms with E-state index in [-0.39, 0.29) is 11.6 Å². The number of imidazole rings is 1. The first kappa shape index (κ1) is 14.0. The van der Waals surface area contributed by atoms with Crippen LogP contribution in [-0.2, 0) is 0 Å². The van der Waals surface area contributed by atoms with E-state index in [1.807, 2.05) is 19.9 Å². The van der Waals surface area contributed by atoms with Gasteiger partial charge in [0.1, 0.15) is 11.5 Å². The van der Waals surface area contributed by atoms with Crippen LogP contribution in [0.15, 0.2) is 24.5 Å². The maximum Gasteiger partial charge on any atom is 0.281 e. The smallest absolute Gasteiger partial charge is 0.281 e. The molecule has 4 nitrogen and oxygen atoms in total. The van der Waals surface area contributed by atoms with Crippen molar-refractivity contribution in [1.82, 2.24) is 19.7 Å². The first-order valence-electron chi connectivity index (χ1n) is 6.47. The summed E-state index contributed by atoms with van der Waals surface area (Å²) >= 11 is 6.20. The normalized spacial score (nSPS) is 12.0. The highest BCUT2D eigenvalue weighted by Gasteiger charge is 2.19. The number of hydrogen-bond acceptors (Lipinski definition) is 2. The average molecular weight is 311 g/mol. The number of hydrogen-bond donors (Lipinski definition) is 1. The Kier molecular flexibility index (Phi) is 3.41. The van der Waals surface area contributed by atoms with E-state index in [1.165, 1.54) is 6.20 Å². The molecule has 2 aromatic heterocycles. The molecular weight excluding hydrogens is 298 g/mol. The number of fused-ring (bicyclic) bond motifs is 1. The lowest BCUT2D eigenvalue weighted by atomic mass is 10.2. The Hall–Kier alpha value is -1.95. The molecule has 0 saturated heterocycles. The minimum absolute atomic E-state index is 0.0105. The molecule has 3 aromatic rings. The zero-order valence-electron chi connectivity index (χ0n) is 11.4. The molecule has 3 rings (SSSR count). The third-order valence-electron chi connectivity index (χ3n) is 3.26. The lowest BCUT2D eigenvalue weighted by Gasteiger charge is -2.10. The van der Waals surface area contributed by atoms with E-state index < -0.39 is 6.43 Å². The minimum Gasteiger partial charge on any atom is -0.303 e. The summed E-state index contributed by atoms with van der Waals surface area (Å²) in [5.41, 5.74) is 1.18. The third-order valence-corrected chi connectivity index (χ3v) is 3.55. The highest BCUT2D eigenvalue weighted by Crippen LogP contribution is 2.29. The van der Waals surface area contributed by atoms with Crippen molar-refractivity contribution in [3.8, 4) is 5.69 Å². The van der Waals surface area contributed by atoms with Crippen molar-refractivity contribution >= 4 is 22.5 Å². The molecule has 0 aliphatic heterocycles. The maximum absolute atomic E-state index is 12.9. The molecule has 7 heteroatoms. The number of H-pyrrole nitrogens is 1. The summed E-state index contributed by atoms with van der Waals surface area (Å²) in [4.78, 5) is 4.03. The minimum atomic E-state index is -2.60. The second-order valence-electron chi connectivity index (χ2n) is 5.11. The molecule has 0 saturated carbocycles. The highest BCUT2D eigenvalue weighted by molar-refractivity contribution is 6.35. The van der Waals surface area contributed by atoms with Crippen molar-refractivity contribution in [2.75, 3.05) is 0 Å². The van der Waals surface area contributed by atoms with Gasteiger partial charge in [0.15, 0.2) is 0 Å². The molecular formula is C14H13ClF2N4. The van der Waals surface area contributed by atoms with E-state index in [1.54, 1.807) is 16.8 Å². The molecule has 0 aliphatic rings. The van der Waals surface area contributed by atoms with Crippen LogP contribution in [0.25, 0.3) is 16.6 Å². The van der Waals surface area contributed by atoms with Gasteiger partial charge in [-0.25, -0.2) is 13.8 Å². The summed E-state index contributed by atoms with van der Waals surface area (Å²) < 4.78 is 27.5. The van der Waals surface area contributed by atoms with Crippen molar-refractivity contribution in [2.24, 2.45) is 0 Å². The average Bonchev–Trinajstić information content (AvgIpc) is 3.05. The quantitative estimate of drug-likeness (QED) is 0.776. The lowest BCUT2D eigenvalue weighted by molar-refractivity contribution is 0.146. The van der Waals surface area contributed by atoms with E-state index >= 15 is 0 Å². The van der Waals surface area contributed by atoms with Gasteiger partial charge in [-0.3, -0.25) is 5.10 Å². The van der Waals surface area contributed by atoms with Gasteiger partial charge in [0.2, 0.25) is 0 Å². The third kappa shape index (κ3) is 2.40. The fourth-order valence-corrected chi connectivity index (χ4v) is 2.53. The molecule has 0 unspecified atom stereocenters. The molecule has 0 atom stereocenters. The van der Waals surface area contributed by atoms with E-state index in [0.717, 1.165) is 10.9 Å². The monoisotopic (exact) mass is 310 g/mol. The number of halogens is 3. The molecule has 1 aromatic carbocycles. The highest BCUT2D eigenvalue weighted by atomic mass is 35.5. The predicted octanol–water partition coefficient (Wildman–Crippen LogP) is 4.46. The number of rotatable bonds is 3. The van der Waals surface area contributed by atoms with E-state index in [0.29, 0.717) is 16.5 Å². The number of nitrogens with one attached hydrogen (secondary N) is 1. The summed E-state index contributed by atoms with van der Waals surface area (Å²) in [6.07, 6.45) is 0.402. The van der Waals surface area contributed by atoms with Crippen molar-refractivity contribution in [3.63, 3.8) is 0 Å². The van der Waals surface area contributed by atoms with Crippen LogP contribution < -0.4 is 0 Å². The van der Waals surface area contributed by atoms with E-state index in [9.17, 15) is 8.78 Å². The van der Waals surface area contributed by atoms with Crippen LogP contribution in [0, 0.1) is 0 Å². The van der Waals surface area contributed by atoms with Crippen LogP contribution in [0.2, 0.25) is 5.02 Å². The molecule has 110 valence electrons. The Bertz CT molecular complexity index is 791. The number of alkyl halides is 2. The Morgan fingerprint density at radius 2 is 2.05 bits per heavy atom. The molecule has 0 bridgehead atoms. The molecule has 0 aliphatic carbocycles. The van der Waals surface area contributed by atoms with Gasteiger partial charge in [-0.05, 0) is 12.1 Å². The van der Waals surface area contributed by atoms with Gasteiger partial charge in [0.05, 0.1) is 16.7 Å². The summed E-state index contributed by atoms with van der Waals surface area (Å²) in [6.45, 7) is 3.82. The number of nitrogens with zero attached hydrogens (tertiary/aromatic N) is 3. The van der Waals surface area contributed by atoms with Crippen molar-refractivity contribution in [3.05, 3.63) is 41.1 Å². The van der Waals surface area contributed by atoms with Gasteiger partial charge in [-0.15, -0.1) is 0 Å². The van der Waals surface area contributed by atoms with Crippen molar-refractivity contribution < 1.29 is 8.78 Å². The van der Waals surface area contributed by atoms with Gasteiger partial charge in [0.25, 0.3) is 6.43 Å². The number of aromatic nitrogens is 4. The van der Waals surface area contributed by atoms with E-state index in [4.69, 9.17) is 11.6 Å². The van der Waals surface area contributed by atoms with Crippen LogP contribution in [0.4, 0.5) is 8.78 Å². The van der Waals surface area contributed by atoms with Gasteiger partial charge < -0.3 is 4.57 Å². The predicted molar refractivity (Wildman–Crippen MR) is 77.3 cm³/mol. The molecule has 21 heavy (non-hydrogen) atoms. The fraction of sp³-hybridized carbons (Fsp3) is 0.286. The lowest BCUT2D eigenvalue weighted by Crippen LogP contribution is -2.02. The SMILES string of the molecule is CC(C)c1nc(C(F)F)cn1-c1cc(Cl)c2[nH]ncc2c1. The van der Waals surface area contributed by atoms with E-state index in [2.05, 4.69) is 15.2 Å². The zero-order chi connectivity index (χ0) is 15.1. The second-order valence-corrected chi connectivity index (χ2v) is 5.52. The largest absolute Gasteiger partial charge is 0.303 e. The molecule has 0 fully saturated rings. The van der Waals surface area contributed by atoms with Gasteiger partial charge in [-0.1, -0.05) is 25.4 Å². The second kappa shape index (κ2) is 5.11. The topological polar surface area (TPSA) is 46.5 Å². The fourth-order valence-electron chi connectivity index (χ4n) is 2.27. The van der Waals surface area contributed by atoms with Gasteiger partial charge in [-0.2, -0.15) is 5.10 Å². The van der Waals surface area contributed by atoms with Gasteiger partial charge >= 0.3 is 0 Å². The molecule has 0 amide bonds. The van der Waals surface area contributed by atoms with Crippen molar-refractivity contribution in [2.45, 2.75) is 26.2 Å². The van der Waals surface area contributed by atoms with Crippen molar-refractivity contribution in [1.29, 1.82) is 0 Å². The number of aromatic amines is 1.